The Morgan fingerprint density at radius 2 is 1.83 bits per heavy atom. The van der Waals surface area contributed by atoms with Crippen LogP contribution in [0, 0.1) is 5.92 Å². The van der Waals surface area contributed by atoms with Crippen molar-refractivity contribution < 1.29 is 28.3 Å². The average Bonchev–Trinajstić information content (AvgIpc) is 3.55. The van der Waals surface area contributed by atoms with E-state index in [-0.39, 0.29) is 42.8 Å². The number of benzene rings is 1. The van der Waals surface area contributed by atoms with Gasteiger partial charge in [-0.3, -0.25) is 4.79 Å². The molecule has 0 saturated heterocycles. The number of hydrogen-bond acceptors (Lipinski definition) is 7. The van der Waals surface area contributed by atoms with Crippen LogP contribution in [0.15, 0.2) is 35.1 Å². The number of nitrogens with zero attached hydrogens (tertiary/aromatic N) is 2. The number of carbonyl (C=O) groups is 2. The lowest BCUT2D eigenvalue weighted by atomic mass is 9.87. The number of rotatable bonds is 8. The molecule has 0 aliphatic heterocycles. The Kier molecular flexibility index (Phi) is 8.31. The summed E-state index contributed by atoms with van der Waals surface area (Å²) in [7, 11) is 1.79. The molecule has 0 bridgehead atoms. The molecule has 35 heavy (non-hydrogen) atoms. The van der Waals surface area contributed by atoms with Crippen molar-refractivity contribution in [3.63, 3.8) is 0 Å². The smallest absolute Gasteiger partial charge is 0.410 e. The molecule has 2 fully saturated rings. The predicted molar refractivity (Wildman–Crippen MR) is 130 cm³/mol. The van der Waals surface area contributed by atoms with Crippen LogP contribution in [0.2, 0.25) is 0 Å². The Hall–Kier alpha value is -3.03. The summed E-state index contributed by atoms with van der Waals surface area (Å²) < 4.78 is 22.2. The molecular formula is C27H36N2O6. The number of carbonyl (C=O) groups excluding carboxylic acids is 2. The molecule has 8 nitrogen and oxygen atoms in total. The summed E-state index contributed by atoms with van der Waals surface area (Å²) in [5.74, 6) is 0.517. The molecule has 4 rings (SSSR count). The van der Waals surface area contributed by atoms with Crippen molar-refractivity contribution in [2.45, 2.75) is 90.1 Å². The second-order valence-corrected chi connectivity index (χ2v) is 9.89. The van der Waals surface area contributed by atoms with E-state index < -0.39 is 0 Å². The maximum Gasteiger partial charge on any atom is 0.410 e. The number of aromatic nitrogens is 1. The Morgan fingerprint density at radius 1 is 1.09 bits per heavy atom. The number of hydrogen-bond donors (Lipinski definition) is 0. The molecule has 0 N–H and O–H groups in total. The van der Waals surface area contributed by atoms with Gasteiger partial charge in [0.2, 0.25) is 0 Å². The third-order valence-electron chi connectivity index (χ3n) is 6.92. The molecule has 0 radical (unpaired) electrons. The Labute approximate surface area is 206 Å². The fourth-order valence-electron chi connectivity index (χ4n) is 4.97. The van der Waals surface area contributed by atoms with E-state index >= 15 is 0 Å². The van der Waals surface area contributed by atoms with E-state index in [4.69, 9.17) is 18.7 Å². The van der Waals surface area contributed by atoms with Crippen molar-refractivity contribution in [3.8, 4) is 16.9 Å². The highest BCUT2D eigenvalue weighted by Gasteiger charge is 2.30. The zero-order valence-corrected chi connectivity index (χ0v) is 20.9. The zero-order chi connectivity index (χ0) is 24.8. The number of esters is 1. The Balaban J connectivity index is 1.32. The van der Waals surface area contributed by atoms with Gasteiger partial charge in [-0.1, -0.05) is 30.1 Å². The summed E-state index contributed by atoms with van der Waals surface area (Å²) in [6.45, 7) is 3.79. The molecule has 1 aromatic heterocycles. The van der Waals surface area contributed by atoms with Gasteiger partial charge >= 0.3 is 12.1 Å². The second-order valence-electron chi connectivity index (χ2n) is 9.89. The minimum Gasteiger partial charge on any atom is -0.490 e. The van der Waals surface area contributed by atoms with E-state index in [1.165, 1.54) is 0 Å². The van der Waals surface area contributed by atoms with E-state index in [1.54, 1.807) is 18.2 Å². The molecule has 2 saturated carbocycles. The zero-order valence-electron chi connectivity index (χ0n) is 20.9. The van der Waals surface area contributed by atoms with Crippen LogP contribution in [0.25, 0.3) is 11.1 Å². The normalized spacial score (nSPS) is 20.6. The van der Waals surface area contributed by atoms with Crippen molar-refractivity contribution in [3.05, 3.63) is 36.2 Å². The highest BCUT2D eigenvalue weighted by Crippen LogP contribution is 2.31. The van der Waals surface area contributed by atoms with E-state index in [2.05, 4.69) is 5.16 Å². The molecule has 1 aromatic carbocycles. The van der Waals surface area contributed by atoms with E-state index in [1.807, 2.05) is 38.1 Å². The van der Waals surface area contributed by atoms with Gasteiger partial charge in [0.05, 0.1) is 18.1 Å². The summed E-state index contributed by atoms with van der Waals surface area (Å²) >= 11 is 0. The summed E-state index contributed by atoms with van der Waals surface area (Å²) in [6, 6.07) is 7.94. The monoisotopic (exact) mass is 484 g/mol. The molecule has 8 heteroatoms. The van der Waals surface area contributed by atoms with Crippen molar-refractivity contribution in [1.82, 2.24) is 10.1 Å². The fraction of sp³-hybridized carbons (Fsp3) is 0.593. The fourth-order valence-corrected chi connectivity index (χ4v) is 4.97. The first-order chi connectivity index (χ1) is 16.9. The van der Waals surface area contributed by atoms with E-state index in [0.29, 0.717) is 12.1 Å². The molecule has 2 aliphatic rings. The standard InChI is InChI=1S/C27H36N2O6/c1-18(2)34-26(30)20-7-6-10-23(15-20)35-22-13-11-19(12-14-22)24-16-33-28-25(24)17-32-27(31)29(3)21-8-4-5-9-21/h11-14,16,18,20-21,23H,4-10,15,17H2,1-3H3/t20-,23-/m0/s1. The first-order valence-electron chi connectivity index (χ1n) is 12.7. The molecule has 1 amide bonds. The minimum atomic E-state index is -0.336. The highest BCUT2D eigenvalue weighted by atomic mass is 16.6. The topological polar surface area (TPSA) is 91.1 Å². The van der Waals surface area contributed by atoms with Crippen LogP contribution < -0.4 is 4.74 Å². The van der Waals surface area contributed by atoms with Gasteiger partial charge in [-0.25, -0.2) is 4.79 Å². The molecular weight excluding hydrogens is 448 g/mol. The maximum absolute atomic E-state index is 12.4. The van der Waals surface area contributed by atoms with Gasteiger partial charge in [-0.15, -0.1) is 0 Å². The van der Waals surface area contributed by atoms with Crippen LogP contribution in [-0.2, 0) is 20.9 Å². The summed E-state index contributed by atoms with van der Waals surface area (Å²) in [5.41, 5.74) is 2.25. The van der Waals surface area contributed by atoms with Gasteiger partial charge < -0.3 is 23.6 Å². The molecule has 0 unspecified atom stereocenters. The SMILES string of the molecule is CC(C)OC(=O)[C@H]1CCC[C@H](Oc2ccc(-c3conc3COC(=O)N(C)C3CCCC3)cc2)C1. The lowest BCUT2D eigenvalue weighted by Crippen LogP contribution is -2.35. The van der Waals surface area contributed by atoms with Gasteiger partial charge in [0.15, 0.2) is 0 Å². The Bertz CT molecular complexity index is 980. The summed E-state index contributed by atoms with van der Waals surface area (Å²) in [5, 5.41) is 4.04. The van der Waals surface area contributed by atoms with Crippen LogP contribution in [0.5, 0.6) is 5.75 Å². The van der Waals surface area contributed by atoms with Gasteiger partial charge in [0.25, 0.3) is 0 Å². The number of ether oxygens (including phenoxy) is 3. The lowest BCUT2D eigenvalue weighted by molar-refractivity contribution is -0.154. The van der Waals surface area contributed by atoms with E-state index in [9.17, 15) is 9.59 Å². The van der Waals surface area contributed by atoms with Crippen molar-refractivity contribution in [2.24, 2.45) is 5.92 Å². The van der Waals surface area contributed by atoms with Gasteiger partial charge in [-0.2, -0.15) is 0 Å². The third kappa shape index (κ3) is 6.55. The van der Waals surface area contributed by atoms with Gasteiger partial charge in [0, 0.05) is 18.7 Å². The molecule has 2 aliphatic carbocycles. The van der Waals surface area contributed by atoms with Crippen molar-refractivity contribution in [2.75, 3.05) is 7.05 Å². The summed E-state index contributed by atoms with van der Waals surface area (Å²) in [6.07, 6.45) is 8.86. The van der Waals surface area contributed by atoms with Crippen LogP contribution in [0.1, 0.15) is 70.9 Å². The largest absolute Gasteiger partial charge is 0.490 e. The molecule has 190 valence electrons. The average molecular weight is 485 g/mol. The lowest BCUT2D eigenvalue weighted by Gasteiger charge is -2.29. The van der Waals surface area contributed by atoms with Gasteiger partial charge in [0.1, 0.15) is 24.3 Å². The first kappa shape index (κ1) is 25.1. The molecule has 2 atom stereocenters. The van der Waals surface area contributed by atoms with Gasteiger partial charge in [-0.05, 0) is 70.1 Å². The predicted octanol–water partition coefficient (Wildman–Crippen LogP) is 5.74. The molecule has 2 aromatic rings. The summed E-state index contributed by atoms with van der Waals surface area (Å²) in [4.78, 5) is 26.4. The third-order valence-corrected chi connectivity index (χ3v) is 6.92. The van der Waals surface area contributed by atoms with Crippen molar-refractivity contribution in [1.29, 1.82) is 0 Å². The van der Waals surface area contributed by atoms with Crippen molar-refractivity contribution >= 4 is 12.1 Å². The highest BCUT2D eigenvalue weighted by molar-refractivity contribution is 5.72. The minimum absolute atomic E-state index is 0.0123. The molecule has 1 heterocycles. The first-order valence-corrected chi connectivity index (χ1v) is 12.7. The van der Waals surface area contributed by atoms with Crippen LogP contribution in [0.3, 0.4) is 0 Å². The molecule has 0 spiro atoms. The van der Waals surface area contributed by atoms with E-state index in [0.717, 1.165) is 61.8 Å². The number of amides is 1. The quantitative estimate of drug-likeness (QED) is 0.441. The second kappa shape index (κ2) is 11.6. The maximum atomic E-state index is 12.4. The van der Waals surface area contributed by atoms with Crippen LogP contribution in [-0.4, -0.2) is 47.4 Å². The van der Waals surface area contributed by atoms with Crippen LogP contribution >= 0.6 is 0 Å². The Morgan fingerprint density at radius 3 is 2.54 bits per heavy atom. The van der Waals surface area contributed by atoms with Crippen LogP contribution in [0.4, 0.5) is 4.79 Å².